The normalized spacial score (nSPS) is 16.0. The van der Waals surface area contributed by atoms with Gasteiger partial charge >= 0.3 is 5.97 Å². The maximum atomic E-state index is 12.7. The van der Waals surface area contributed by atoms with Crippen molar-refractivity contribution >= 4 is 45.6 Å². The van der Waals surface area contributed by atoms with Crippen molar-refractivity contribution in [3.63, 3.8) is 0 Å². The Morgan fingerprint density at radius 2 is 2.24 bits per heavy atom. The lowest BCUT2D eigenvalue weighted by Gasteiger charge is -2.29. The summed E-state index contributed by atoms with van der Waals surface area (Å²) in [6.45, 7) is 6.17. The Hall–Kier alpha value is -1.99. The molecule has 5 nitrogen and oxygen atoms in total. The molecular formula is C18H20N2O3S2. The molecule has 0 fully saturated rings. The highest BCUT2D eigenvalue weighted by atomic mass is 32.1. The van der Waals surface area contributed by atoms with E-state index in [2.05, 4.69) is 10.5 Å². The summed E-state index contributed by atoms with van der Waals surface area (Å²) in [5, 5.41) is 6.81. The van der Waals surface area contributed by atoms with E-state index in [1.165, 1.54) is 11.3 Å². The monoisotopic (exact) mass is 376 g/mol. The van der Waals surface area contributed by atoms with Crippen LogP contribution in [0.15, 0.2) is 22.6 Å². The Bertz CT molecular complexity index is 820. The molecule has 0 saturated heterocycles. The Balaban J connectivity index is 1.95. The highest BCUT2D eigenvalue weighted by Crippen LogP contribution is 2.44. The molecule has 0 spiro atoms. The van der Waals surface area contributed by atoms with Crippen molar-refractivity contribution in [1.29, 1.82) is 0 Å². The summed E-state index contributed by atoms with van der Waals surface area (Å²) in [4.78, 5) is 26.5. The van der Waals surface area contributed by atoms with Crippen LogP contribution in [0.5, 0.6) is 0 Å². The van der Waals surface area contributed by atoms with Gasteiger partial charge in [-0.05, 0) is 35.8 Å². The molecule has 0 aliphatic heterocycles. The van der Waals surface area contributed by atoms with Crippen molar-refractivity contribution < 1.29 is 14.3 Å². The highest BCUT2D eigenvalue weighted by Gasteiger charge is 2.37. The molecule has 2 heterocycles. The second-order valence-corrected chi connectivity index (χ2v) is 8.66. The number of ketones is 1. The van der Waals surface area contributed by atoms with Gasteiger partial charge in [-0.25, -0.2) is 4.79 Å². The van der Waals surface area contributed by atoms with E-state index in [9.17, 15) is 9.59 Å². The summed E-state index contributed by atoms with van der Waals surface area (Å²) in [7, 11) is 0. The number of rotatable bonds is 5. The molecule has 0 aromatic carbocycles. The molecule has 2 aromatic heterocycles. The van der Waals surface area contributed by atoms with Gasteiger partial charge in [0.15, 0.2) is 5.78 Å². The number of esters is 1. The zero-order valence-electron chi connectivity index (χ0n) is 14.4. The quantitative estimate of drug-likeness (QED) is 0.471. The number of nitrogens with one attached hydrogen (secondary N) is 1. The first-order chi connectivity index (χ1) is 11.9. The number of thiophene rings is 2. The third-order valence-electron chi connectivity index (χ3n) is 3.94. The van der Waals surface area contributed by atoms with Crippen LogP contribution in [-0.2, 0) is 11.2 Å². The molecule has 1 N–H and O–H groups in total. The minimum absolute atomic E-state index is 0.0480. The van der Waals surface area contributed by atoms with E-state index < -0.39 is 0 Å². The van der Waals surface area contributed by atoms with Gasteiger partial charge < -0.3 is 4.74 Å². The molecule has 25 heavy (non-hydrogen) atoms. The number of ether oxygens (including phenoxy) is 1. The van der Waals surface area contributed by atoms with Crippen molar-refractivity contribution in [3.05, 3.63) is 38.4 Å². The van der Waals surface area contributed by atoms with Gasteiger partial charge in [-0.1, -0.05) is 19.9 Å². The molecule has 0 bridgehead atoms. The van der Waals surface area contributed by atoms with E-state index in [1.54, 1.807) is 24.5 Å². The average molecular weight is 377 g/mol. The minimum atomic E-state index is -0.371. The largest absolute Gasteiger partial charge is 0.462 e. The van der Waals surface area contributed by atoms with Gasteiger partial charge in [-0.3, -0.25) is 10.2 Å². The lowest BCUT2D eigenvalue weighted by atomic mass is 9.74. The van der Waals surface area contributed by atoms with Crippen LogP contribution in [0.2, 0.25) is 0 Å². The average Bonchev–Trinajstić information content (AvgIpc) is 3.14. The molecular weight excluding hydrogens is 356 g/mol. The van der Waals surface area contributed by atoms with Crippen LogP contribution in [0.25, 0.3) is 0 Å². The van der Waals surface area contributed by atoms with Crippen molar-refractivity contribution in [2.24, 2.45) is 10.5 Å². The first kappa shape index (κ1) is 17.8. The van der Waals surface area contributed by atoms with Crippen LogP contribution in [0, 0.1) is 5.41 Å². The number of carbonyl (C=O) groups excluding carboxylic acids is 2. The van der Waals surface area contributed by atoms with Gasteiger partial charge in [0.2, 0.25) is 0 Å². The second kappa shape index (κ2) is 7.09. The van der Waals surface area contributed by atoms with Crippen LogP contribution in [0.3, 0.4) is 0 Å². The Labute approximate surface area is 154 Å². The predicted molar refractivity (Wildman–Crippen MR) is 102 cm³/mol. The lowest BCUT2D eigenvalue weighted by molar-refractivity contribution is 0.0530. The topological polar surface area (TPSA) is 67.8 Å². The van der Waals surface area contributed by atoms with E-state index in [1.807, 2.05) is 31.4 Å². The molecule has 3 rings (SSSR count). The fourth-order valence-corrected chi connectivity index (χ4v) is 4.62. The standard InChI is InChI=1S/C18H20N2O3S2/c1-4-23-17(22)15-12-8-18(2,3)9-13(21)14(12)16(25-15)20-19-10-11-6-5-7-24-11/h5-7,10,20H,4,8-9H2,1-3H3. The molecule has 1 aliphatic carbocycles. The van der Waals surface area contributed by atoms with Gasteiger partial charge in [0.25, 0.3) is 0 Å². The number of anilines is 1. The SMILES string of the molecule is CCOC(=O)c1sc(NN=Cc2cccs2)c2c1CC(C)(C)CC2=O. The zero-order chi connectivity index (χ0) is 18.0. The molecule has 2 aromatic rings. The number of hydrazone groups is 1. The van der Waals surface area contributed by atoms with Crippen LogP contribution >= 0.6 is 22.7 Å². The number of carbonyl (C=O) groups is 2. The smallest absolute Gasteiger partial charge is 0.348 e. The summed E-state index contributed by atoms with van der Waals surface area (Å²) < 4.78 is 5.17. The Morgan fingerprint density at radius 3 is 2.92 bits per heavy atom. The highest BCUT2D eigenvalue weighted by molar-refractivity contribution is 7.18. The first-order valence-electron chi connectivity index (χ1n) is 8.10. The summed E-state index contributed by atoms with van der Waals surface area (Å²) >= 11 is 2.83. The van der Waals surface area contributed by atoms with Crippen molar-refractivity contribution in [3.8, 4) is 0 Å². The third kappa shape index (κ3) is 3.82. The van der Waals surface area contributed by atoms with Gasteiger partial charge in [0, 0.05) is 11.3 Å². The van der Waals surface area contributed by atoms with Crippen molar-refractivity contribution in [2.75, 3.05) is 12.0 Å². The van der Waals surface area contributed by atoms with Gasteiger partial charge in [0.05, 0.1) is 18.4 Å². The molecule has 132 valence electrons. The van der Waals surface area contributed by atoms with E-state index in [0.717, 1.165) is 10.4 Å². The first-order valence-corrected chi connectivity index (χ1v) is 9.79. The fraction of sp³-hybridized carbons (Fsp3) is 0.389. The summed E-state index contributed by atoms with van der Waals surface area (Å²) in [6.07, 6.45) is 2.84. The van der Waals surface area contributed by atoms with Gasteiger partial charge in [-0.15, -0.1) is 22.7 Å². The molecule has 0 amide bonds. The Morgan fingerprint density at radius 1 is 1.44 bits per heavy atom. The number of Topliss-reactive ketones (excluding diaryl/α,β-unsaturated/α-hetero) is 1. The van der Waals surface area contributed by atoms with Crippen LogP contribution in [0.1, 0.15) is 57.7 Å². The van der Waals surface area contributed by atoms with Crippen molar-refractivity contribution in [1.82, 2.24) is 0 Å². The third-order valence-corrected chi connectivity index (χ3v) is 5.87. The van der Waals surface area contributed by atoms with Crippen LogP contribution < -0.4 is 5.43 Å². The van der Waals surface area contributed by atoms with Gasteiger partial charge in [0.1, 0.15) is 9.88 Å². The molecule has 0 radical (unpaired) electrons. The predicted octanol–water partition coefficient (Wildman–Crippen LogP) is 4.59. The number of hydrogen-bond donors (Lipinski definition) is 1. The number of fused-ring (bicyclic) bond motifs is 1. The molecule has 0 atom stereocenters. The van der Waals surface area contributed by atoms with Gasteiger partial charge in [-0.2, -0.15) is 5.10 Å². The van der Waals surface area contributed by atoms with Crippen molar-refractivity contribution in [2.45, 2.75) is 33.6 Å². The maximum absolute atomic E-state index is 12.7. The maximum Gasteiger partial charge on any atom is 0.348 e. The van der Waals surface area contributed by atoms with Crippen LogP contribution in [-0.4, -0.2) is 24.6 Å². The van der Waals surface area contributed by atoms with E-state index in [4.69, 9.17) is 4.74 Å². The molecule has 0 unspecified atom stereocenters. The van der Waals surface area contributed by atoms with E-state index >= 15 is 0 Å². The van der Waals surface area contributed by atoms with E-state index in [0.29, 0.717) is 34.9 Å². The van der Waals surface area contributed by atoms with Crippen LogP contribution in [0.4, 0.5) is 5.00 Å². The van der Waals surface area contributed by atoms with E-state index in [-0.39, 0.29) is 17.2 Å². The molecule has 7 heteroatoms. The molecule has 1 aliphatic rings. The number of hydrogen-bond acceptors (Lipinski definition) is 7. The Kier molecular flexibility index (Phi) is 5.06. The molecule has 0 saturated carbocycles. The summed E-state index contributed by atoms with van der Waals surface area (Å²) in [5.41, 5.74) is 4.17. The number of nitrogens with zero attached hydrogens (tertiary/aromatic N) is 1. The lowest BCUT2D eigenvalue weighted by Crippen LogP contribution is -2.27. The zero-order valence-corrected chi connectivity index (χ0v) is 16.1. The summed E-state index contributed by atoms with van der Waals surface area (Å²) in [5.74, 6) is -0.323. The second-order valence-electron chi connectivity index (χ2n) is 6.66. The summed E-state index contributed by atoms with van der Waals surface area (Å²) in [6, 6.07) is 3.90. The minimum Gasteiger partial charge on any atom is -0.462 e. The fourth-order valence-electron chi connectivity index (χ4n) is 2.95.